The summed E-state index contributed by atoms with van der Waals surface area (Å²) in [5.41, 5.74) is 8.12. The molecule has 6 aromatic rings. The average molecular weight is 503 g/mol. The van der Waals surface area contributed by atoms with Crippen molar-refractivity contribution in [2.75, 3.05) is 38.0 Å². The first-order valence-electron chi connectivity index (χ1n) is 12.7. The van der Waals surface area contributed by atoms with Crippen LogP contribution in [0.1, 0.15) is 23.2 Å². The van der Waals surface area contributed by atoms with Crippen LogP contribution in [0.5, 0.6) is 0 Å². The molecule has 0 bridgehead atoms. The predicted molar refractivity (Wildman–Crippen MR) is 153 cm³/mol. The molecule has 2 atom stereocenters. The molecular weight excluding hydrogens is 472 g/mol. The molecule has 8 nitrogen and oxygen atoms in total. The maximum absolute atomic E-state index is 4.70. The lowest BCUT2D eigenvalue weighted by Crippen LogP contribution is -2.27. The van der Waals surface area contributed by atoms with E-state index >= 15 is 0 Å². The average Bonchev–Trinajstić information content (AvgIpc) is 3.56. The van der Waals surface area contributed by atoms with Crippen LogP contribution in [-0.2, 0) is 0 Å². The molecule has 0 radical (unpaired) electrons. The lowest BCUT2D eigenvalue weighted by molar-refractivity contribution is 0.371. The number of fused-ring (bicyclic) bond motifs is 2. The van der Waals surface area contributed by atoms with Crippen molar-refractivity contribution in [3.05, 3.63) is 108 Å². The van der Waals surface area contributed by atoms with Gasteiger partial charge < -0.3 is 9.80 Å². The quantitative estimate of drug-likeness (QED) is 0.299. The van der Waals surface area contributed by atoms with E-state index in [-0.39, 0.29) is 12.1 Å². The molecular formula is C30H30N8. The summed E-state index contributed by atoms with van der Waals surface area (Å²) in [6.07, 6.45) is 0. The van der Waals surface area contributed by atoms with E-state index in [9.17, 15) is 0 Å². The monoisotopic (exact) mass is 502 g/mol. The first-order valence-corrected chi connectivity index (χ1v) is 12.7. The van der Waals surface area contributed by atoms with Gasteiger partial charge in [0.1, 0.15) is 23.1 Å². The Kier molecular flexibility index (Phi) is 5.99. The maximum Gasteiger partial charge on any atom is 0.113 e. The highest BCUT2D eigenvalue weighted by atomic mass is 15.5. The highest BCUT2D eigenvalue weighted by Gasteiger charge is 2.32. The number of hydrogen-bond acceptors (Lipinski definition) is 6. The maximum atomic E-state index is 4.70. The van der Waals surface area contributed by atoms with Crippen molar-refractivity contribution in [1.29, 1.82) is 0 Å². The smallest absolute Gasteiger partial charge is 0.113 e. The largest absolute Gasteiger partial charge is 0.378 e. The van der Waals surface area contributed by atoms with Crippen LogP contribution < -0.4 is 9.80 Å². The van der Waals surface area contributed by atoms with Crippen LogP contribution in [0.25, 0.3) is 22.1 Å². The van der Waals surface area contributed by atoms with Crippen LogP contribution in [0.2, 0.25) is 0 Å². The third kappa shape index (κ3) is 4.14. The predicted octanol–water partition coefficient (Wildman–Crippen LogP) is 5.19. The van der Waals surface area contributed by atoms with Crippen molar-refractivity contribution >= 4 is 33.4 Å². The highest BCUT2D eigenvalue weighted by molar-refractivity contribution is 5.75. The Morgan fingerprint density at radius 1 is 0.500 bits per heavy atom. The Morgan fingerprint density at radius 2 is 0.868 bits per heavy atom. The fourth-order valence-electron chi connectivity index (χ4n) is 5.04. The van der Waals surface area contributed by atoms with Gasteiger partial charge in [-0.15, -0.1) is 10.2 Å². The molecule has 0 aliphatic carbocycles. The molecule has 0 aliphatic heterocycles. The number of rotatable bonds is 7. The summed E-state index contributed by atoms with van der Waals surface area (Å²) >= 11 is 0. The topological polar surface area (TPSA) is 67.9 Å². The number of anilines is 2. The molecule has 4 aromatic carbocycles. The molecule has 190 valence electrons. The van der Waals surface area contributed by atoms with E-state index in [1.807, 2.05) is 74.0 Å². The molecule has 6 rings (SSSR count). The van der Waals surface area contributed by atoms with Crippen LogP contribution in [-0.4, -0.2) is 58.2 Å². The zero-order chi connectivity index (χ0) is 26.2. The Balaban J connectivity index is 1.62. The van der Waals surface area contributed by atoms with Gasteiger partial charge in [-0.2, -0.15) is 0 Å². The van der Waals surface area contributed by atoms with E-state index < -0.39 is 0 Å². The second-order valence-electron chi connectivity index (χ2n) is 9.91. The van der Waals surface area contributed by atoms with Gasteiger partial charge in [0.05, 0.1) is 11.0 Å². The van der Waals surface area contributed by atoms with Crippen molar-refractivity contribution in [2.45, 2.75) is 12.1 Å². The van der Waals surface area contributed by atoms with E-state index in [0.717, 1.165) is 44.6 Å². The Morgan fingerprint density at radius 3 is 1.24 bits per heavy atom. The summed E-state index contributed by atoms with van der Waals surface area (Å²) in [6, 6.07) is 33.0. The summed E-state index contributed by atoms with van der Waals surface area (Å²) in [4.78, 5) is 4.21. The van der Waals surface area contributed by atoms with Crippen LogP contribution >= 0.6 is 0 Å². The number of nitrogens with zero attached hydrogens (tertiary/aromatic N) is 8. The second-order valence-corrected chi connectivity index (χ2v) is 9.91. The molecule has 2 unspecified atom stereocenters. The minimum Gasteiger partial charge on any atom is -0.378 e. The number of hydrogen-bond donors (Lipinski definition) is 0. The standard InChI is InChI=1S/C30H30N8/c1-35(2)23-17-13-21(14-18-23)29(37-27-11-7-5-9-25(27)31-33-37)30(22-15-19-24(20-16-22)36(3)4)38-28-12-8-6-10-26(28)32-34-38/h5-20,29-30H,1-4H3. The molecule has 38 heavy (non-hydrogen) atoms. The summed E-state index contributed by atoms with van der Waals surface area (Å²) in [6.45, 7) is 0. The van der Waals surface area contributed by atoms with E-state index in [1.165, 1.54) is 0 Å². The molecule has 2 heterocycles. The van der Waals surface area contributed by atoms with E-state index in [4.69, 9.17) is 10.4 Å². The van der Waals surface area contributed by atoms with Gasteiger partial charge in [0.2, 0.25) is 0 Å². The van der Waals surface area contributed by atoms with Gasteiger partial charge in [0, 0.05) is 39.6 Å². The summed E-state index contributed by atoms with van der Waals surface area (Å²) < 4.78 is 4.06. The number of para-hydroxylation sites is 2. The first-order chi connectivity index (χ1) is 18.5. The molecule has 0 spiro atoms. The SMILES string of the molecule is CN(C)c1ccc(C(C(c2ccc(N(C)C)cc2)n2nnc3ccccc32)n2nnc3ccccc32)cc1. The molecule has 0 saturated heterocycles. The van der Waals surface area contributed by atoms with Gasteiger partial charge in [-0.3, -0.25) is 0 Å². The van der Waals surface area contributed by atoms with Gasteiger partial charge in [-0.05, 0) is 59.7 Å². The van der Waals surface area contributed by atoms with Crippen molar-refractivity contribution in [3.63, 3.8) is 0 Å². The fourth-order valence-corrected chi connectivity index (χ4v) is 5.04. The molecule has 0 saturated carbocycles. The van der Waals surface area contributed by atoms with Crippen LogP contribution in [0.3, 0.4) is 0 Å². The van der Waals surface area contributed by atoms with Crippen molar-refractivity contribution in [1.82, 2.24) is 30.0 Å². The van der Waals surface area contributed by atoms with Crippen LogP contribution in [0.4, 0.5) is 11.4 Å². The van der Waals surface area contributed by atoms with Crippen molar-refractivity contribution in [2.24, 2.45) is 0 Å². The molecule has 8 heteroatoms. The lowest BCUT2D eigenvalue weighted by Gasteiger charge is -2.29. The van der Waals surface area contributed by atoms with E-state index in [0.29, 0.717) is 0 Å². The number of benzene rings is 4. The van der Waals surface area contributed by atoms with Crippen molar-refractivity contribution in [3.8, 4) is 0 Å². The summed E-state index contributed by atoms with van der Waals surface area (Å²) in [7, 11) is 8.20. The van der Waals surface area contributed by atoms with E-state index in [2.05, 4.69) is 80.7 Å². The zero-order valence-electron chi connectivity index (χ0n) is 22.0. The van der Waals surface area contributed by atoms with Gasteiger partial charge in [0.25, 0.3) is 0 Å². The number of aromatic nitrogens is 6. The minimum atomic E-state index is -0.242. The molecule has 0 amide bonds. The van der Waals surface area contributed by atoms with Gasteiger partial charge in [-0.25, -0.2) is 9.36 Å². The van der Waals surface area contributed by atoms with Gasteiger partial charge in [0.15, 0.2) is 0 Å². The molecule has 2 aromatic heterocycles. The summed E-state index contributed by atoms with van der Waals surface area (Å²) in [5.74, 6) is 0. The molecule has 0 aliphatic rings. The Hall–Kier alpha value is -4.72. The summed E-state index contributed by atoms with van der Waals surface area (Å²) in [5, 5.41) is 18.4. The zero-order valence-corrected chi connectivity index (χ0v) is 22.0. The van der Waals surface area contributed by atoms with Crippen LogP contribution in [0.15, 0.2) is 97.1 Å². The second kappa shape index (κ2) is 9.63. The molecule has 0 N–H and O–H groups in total. The minimum absolute atomic E-state index is 0.242. The van der Waals surface area contributed by atoms with Gasteiger partial charge >= 0.3 is 0 Å². The third-order valence-corrected chi connectivity index (χ3v) is 7.08. The molecule has 0 fully saturated rings. The highest BCUT2D eigenvalue weighted by Crippen LogP contribution is 2.39. The van der Waals surface area contributed by atoms with Crippen molar-refractivity contribution < 1.29 is 0 Å². The Labute approximate surface area is 221 Å². The Bertz CT molecular complexity index is 1550. The lowest BCUT2D eigenvalue weighted by atomic mass is 9.92. The third-order valence-electron chi connectivity index (χ3n) is 7.08. The normalized spacial score (nSPS) is 13.1. The van der Waals surface area contributed by atoms with E-state index in [1.54, 1.807) is 0 Å². The fraction of sp³-hybridized carbons (Fsp3) is 0.200. The van der Waals surface area contributed by atoms with Crippen LogP contribution in [0, 0.1) is 0 Å². The van der Waals surface area contributed by atoms with Gasteiger partial charge in [-0.1, -0.05) is 59.0 Å². The first kappa shape index (κ1) is 23.7.